The van der Waals surface area contributed by atoms with Gasteiger partial charge in [0, 0.05) is 12.3 Å². The number of allylic oxidation sites excluding steroid dienone is 3. The highest BCUT2D eigenvalue weighted by Gasteiger charge is 2.50. The van der Waals surface area contributed by atoms with E-state index < -0.39 is 17.8 Å². The first-order valence-electron chi connectivity index (χ1n) is 12.6. The molecule has 0 unspecified atom stereocenters. The van der Waals surface area contributed by atoms with Crippen LogP contribution in [0, 0.1) is 29.1 Å². The minimum Gasteiger partial charge on any atom is -0.396 e. The predicted molar refractivity (Wildman–Crippen MR) is 125 cm³/mol. The molecule has 3 fully saturated rings. The Kier molecular flexibility index (Phi) is 8.11. The van der Waals surface area contributed by atoms with Gasteiger partial charge in [0.05, 0.1) is 24.4 Å². The maximum absolute atomic E-state index is 10.3. The third-order valence-electron chi connectivity index (χ3n) is 8.81. The Morgan fingerprint density at radius 1 is 1.16 bits per heavy atom. The Morgan fingerprint density at radius 3 is 2.55 bits per heavy atom. The first-order valence-corrected chi connectivity index (χ1v) is 12.6. The first kappa shape index (κ1) is 25.0. The molecule has 0 saturated heterocycles. The molecular formula is C27H46O4. The van der Waals surface area contributed by atoms with Gasteiger partial charge in [-0.2, -0.15) is 0 Å². The quantitative estimate of drug-likeness (QED) is 0.466. The van der Waals surface area contributed by atoms with Crippen LogP contribution in [0.15, 0.2) is 23.3 Å². The normalized spacial score (nSPS) is 40.3. The van der Waals surface area contributed by atoms with Crippen LogP contribution in [0.4, 0.5) is 0 Å². The summed E-state index contributed by atoms with van der Waals surface area (Å²) in [7, 11) is 0. The molecule has 0 aromatic heterocycles. The van der Waals surface area contributed by atoms with Gasteiger partial charge in [-0.15, -0.1) is 0 Å². The van der Waals surface area contributed by atoms with Crippen molar-refractivity contribution in [1.29, 1.82) is 0 Å². The van der Waals surface area contributed by atoms with Gasteiger partial charge in [0.1, 0.15) is 0 Å². The van der Waals surface area contributed by atoms with Gasteiger partial charge in [-0.05, 0) is 82.0 Å². The fourth-order valence-electron chi connectivity index (χ4n) is 7.11. The number of rotatable bonds is 7. The summed E-state index contributed by atoms with van der Waals surface area (Å²) < 4.78 is 0. The summed E-state index contributed by atoms with van der Waals surface area (Å²) >= 11 is 0. The van der Waals surface area contributed by atoms with Crippen LogP contribution in [0.1, 0.15) is 91.9 Å². The summed E-state index contributed by atoms with van der Waals surface area (Å²) in [4.78, 5) is 0. The van der Waals surface area contributed by atoms with E-state index in [4.69, 9.17) is 0 Å². The van der Waals surface area contributed by atoms with E-state index in [0.29, 0.717) is 30.1 Å². The van der Waals surface area contributed by atoms with E-state index in [-0.39, 0.29) is 12.5 Å². The van der Waals surface area contributed by atoms with E-state index in [1.165, 1.54) is 37.7 Å². The molecule has 3 rings (SSSR count). The van der Waals surface area contributed by atoms with Crippen LogP contribution in [0.5, 0.6) is 0 Å². The van der Waals surface area contributed by atoms with Crippen molar-refractivity contribution < 1.29 is 20.4 Å². The molecule has 0 aromatic carbocycles. The lowest BCUT2D eigenvalue weighted by molar-refractivity contribution is 0.0102. The van der Waals surface area contributed by atoms with E-state index in [0.717, 1.165) is 30.8 Å². The minimum atomic E-state index is -0.657. The number of hydrogen-bond donors (Lipinski definition) is 4. The Bertz CT molecular complexity index is 661. The molecule has 0 aromatic rings. The Balaban J connectivity index is 1.71. The molecule has 0 heterocycles. The van der Waals surface area contributed by atoms with Crippen LogP contribution < -0.4 is 0 Å². The number of fused-ring (bicyclic) bond motifs is 1. The largest absolute Gasteiger partial charge is 0.396 e. The van der Waals surface area contributed by atoms with Crippen LogP contribution >= 0.6 is 0 Å². The molecule has 3 saturated carbocycles. The molecule has 3 aliphatic rings. The van der Waals surface area contributed by atoms with Gasteiger partial charge in [0.2, 0.25) is 0 Å². The van der Waals surface area contributed by atoms with Gasteiger partial charge >= 0.3 is 0 Å². The average molecular weight is 435 g/mol. The first-order chi connectivity index (χ1) is 14.5. The highest BCUT2D eigenvalue weighted by molar-refractivity contribution is 5.27. The van der Waals surface area contributed by atoms with E-state index in [1.54, 1.807) is 0 Å². The molecule has 0 aliphatic heterocycles. The van der Waals surface area contributed by atoms with E-state index >= 15 is 0 Å². The molecule has 4 nitrogen and oxygen atoms in total. The van der Waals surface area contributed by atoms with Crippen molar-refractivity contribution in [2.45, 2.75) is 110 Å². The molecule has 178 valence electrons. The lowest BCUT2D eigenvalue weighted by atomic mass is 9.60. The molecule has 0 amide bonds. The van der Waals surface area contributed by atoms with Gasteiger partial charge in [-0.1, -0.05) is 50.0 Å². The smallest absolute Gasteiger partial charge is 0.0652 e. The van der Waals surface area contributed by atoms with Crippen LogP contribution in [0.2, 0.25) is 0 Å². The van der Waals surface area contributed by atoms with Crippen molar-refractivity contribution in [3.05, 3.63) is 23.3 Å². The average Bonchev–Trinajstić information content (AvgIpc) is 3.02. The predicted octanol–water partition coefficient (Wildman–Crippen LogP) is 4.76. The monoisotopic (exact) mass is 434 g/mol. The summed E-state index contributed by atoms with van der Waals surface area (Å²) in [6, 6.07) is 0. The summed E-state index contributed by atoms with van der Waals surface area (Å²) in [6.45, 7) is 8.67. The third-order valence-corrected chi connectivity index (χ3v) is 8.81. The highest BCUT2D eigenvalue weighted by Crippen LogP contribution is 2.60. The zero-order chi connectivity index (χ0) is 22.8. The fourth-order valence-corrected chi connectivity index (χ4v) is 7.11. The summed E-state index contributed by atoms with van der Waals surface area (Å²) in [5, 5.41) is 40.1. The molecule has 4 heteroatoms. The van der Waals surface area contributed by atoms with Crippen LogP contribution in [-0.4, -0.2) is 44.8 Å². The molecule has 0 spiro atoms. The zero-order valence-corrected chi connectivity index (χ0v) is 20.2. The maximum atomic E-state index is 10.3. The van der Waals surface area contributed by atoms with Crippen molar-refractivity contribution in [1.82, 2.24) is 0 Å². The minimum absolute atomic E-state index is 0.0612. The van der Waals surface area contributed by atoms with Crippen molar-refractivity contribution in [3.63, 3.8) is 0 Å². The van der Waals surface area contributed by atoms with Gasteiger partial charge in [-0.3, -0.25) is 0 Å². The van der Waals surface area contributed by atoms with Crippen molar-refractivity contribution in [2.75, 3.05) is 6.61 Å². The summed E-state index contributed by atoms with van der Waals surface area (Å²) in [5.74, 6) is 1.78. The zero-order valence-electron chi connectivity index (χ0n) is 20.2. The lowest BCUT2D eigenvalue weighted by Gasteiger charge is -2.44. The maximum Gasteiger partial charge on any atom is 0.0652 e. The second-order valence-corrected chi connectivity index (χ2v) is 11.7. The third kappa shape index (κ3) is 5.82. The molecule has 31 heavy (non-hydrogen) atoms. The van der Waals surface area contributed by atoms with Crippen molar-refractivity contribution in [3.8, 4) is 0 Å². The van der Waals surface area contributed by atoms with Gasteiger partial charge < -0.3 is 20.4 Å². The Morgan fingerprint density at radius 2 is 1.87 bits per heavy atom. The Labute approximate surface area is 189 Å². The number of hydrogen-bond acceptors (Lipinski definition) is 4. The van der Waals surface area contributed by atoms with E-state index in [2.05, 4.69) is 26.0 Å². The number of aliphatic hydroxyl groups excluding tert-OH is 3. The van der Waals surface area contributed by atoms with Crippen LogP contribution in [-0.2, 0) is 0 Å². The summed E-state index contributed by atoms with van der Waals surface area (Å²) in [6.07, 6.45) is 13.4. The summed E-state index contributed by atoms with van der Waals surface area (Å²) in [5.41, 5.74) is 2.29. The standard InChI is InChI=1S/C27H46O4/c1-18(7-5-13-26(2,3)31)23-11-12-24-19(8-6-14-27(23,24)4)9-10-20-15-21(29)16-25(30)22(20)17-28/h9-10,18,21-25,28-31H,5-8,11-17H2,1-4H3/b19-9+,20-10+/t18-,21-,22+,23-,24+,25+,27-/m1/s1. The van der Waals surface area contributed by atoms with Crippen molar-refractivity contribution >= 4 is 0 Å². The van der Waals surface area contributed by atoms with Gasteiger partial charge in [0.15, 0.2) is 0 Å². The van der Waals surface area contributed by atoms with Crippen molar-refractivity contribution in [2.24, 2.45) is 29.1 Å². The molecular weight excluding hydrogens is 388 g/mol. The van der Waals surface area contributed by atoms with Crippen LogP contribution in [0.3, 0.4) is 0 Å². The van der Waals surface area contributed by atoms with Crippen LogP contribution in [0.25, 0.3) is 0 Å². The van der Waals surface area contributed by atoms with Gasteiger partial charge in [-0.25, -0.2) is 0 Å². The molecule has 7 atom stereocenters. The molecule has 4 N–H and O–H groups in total. The highest BCUT2D eigenvalue weighted by atomic mass is 16.3. The molecule has 0 radical (unpaired) electrons. The molecule has 0 bridgehead atoms. The van der Waals surface area contributed by atoms with Gasteiger partial charge in [0.25, 0.3) is 0 Å². The topological polar surface area (TPSA) is 80.9 Å². The number of aliphatic hydroxyl groups is 4. The van der Waals surface area contributed by atoms with E-state index in [1.807, 2.05) is 13.8 Å². The fraction of sp³-hybridized carbons (Fsp3) is 0.852. The second-order valence-electron chi connectivity index (χ2n) is 11.7. The lowest BCUT2D eigenvalue weighted by Crippen LogP contribution is -2.36. The molecule has 3 aliphatic carbocycles. The Hall–Kier alpha value is -0.680. The SMILES string of the molecule is C[C@H](CCCC(C)(C)O)[C@H]1CC[C@H]2/C(=C/C=C3\C[C@@H](O)C[C@H](O)[C@H]3CO)CCC[C@]12C. The van der Waals surface area contributed by atoms with E-state index in [9.17, 15) is 20.4 Å². The second kappa shape index (κ2) is 10.1.